The number of benzene rings is 1. The first-order valence-electron chi connectivity index (χ1n) is 7.49. The Hall–Kier alpha value is -2.40. The van der Waals surface area contributed by atoms with Crippen LogP contribution in [0.2, 0.25) is 0 Å². The van der Waals surface area contributed by atoms with E-state index in [9.17, 15) is 4.79 Å². The van der Waals surface area contributed by atoms with Crippen molar-refractivity contribution in [2.75, 3.05) is 31.6 Å². The Labute approximate surface area is 130 Å². The highest BCUT2D eigenvalue weighted by atomic mass is 16.1. The van der Waals surface area contributed by atoms with Gasteiger partial charge >= 0.3 is 0 Å². The number of amides is 1. The van der Waals surface area contributed by atoms with Gasteiger partial charge in [0, 0.05) is 44.5 Å². The molecule has 3 rings (SSSR count). The van der Waals surface area contributed by atoms with Crippen LogP contribution in [0.15, 0.2) is 48.7 Å². The number of anilines is 1. The zero-order valence-electron chi connectivity index (χ0n) is 12.6. The molecule has 1 aromatic heterocycles. The van der Waals surface area contributed by atoms with Gasteiger partial charge in [0.15, 0.2) is 0 Å². The van der Waals surface area contributed by atoms with Crippen molar-refractivity contribution in [2.45, 2.75) is 6.04 Å². The highest BCUT2D eigenvalue weighted by Crippen LogP contribution is 2.21. The lowest BCUT2D eigenvalue weighted by Gasteiger charge is -2.34. The summed E-state index contributed by atoms with van der Waals surface area (Å²) in [5.41, 5.74) is 1.91. The molecule has 1 aliphatic rings. The highest BCUT2D eigenvalue weighted by molar-refractivity contribution is 5.94. The monoisotopic (exact) mass is 296 g/mol. The van der Waals surface area contributed by atoms with Gasteiger partial charge in [0.25, 0.3) is 5.91 Å². The van der Waals surface area contributed by atoms with Crippen molar-refractivity contribution in [3.63, 3.8) is 0 Å². The molecule has 5 nitrogen and oxygen atoms in total. The van der Waals surface area contributed by atoms with Crippen LogP contribution in [0, 0.1) is 0 Å². The number of aromatic nitrogens is 1. The Morgan fingerprint density at radius 1 is 1.32 bits per heavy atom. The number of piperazine rings is 1. The maximum atomic E-state index is 11.8. The molecule has 0 saturated carbocycles. The van der Waals surface area contributed by atoms with Crippen molar-refractivity contribution < 1.29 is 4.79 Å². The lowest BCUT2D eigenvalue weighted by atomic mass is 10.0. The van der Waals surface area contributed by atoms with Crippen molar-refractivity contribution in [3.05, 3.63) is 59.8 Å². The Morgan fingerprint density at radius 2 is 2.14 bits per heavy atom. The summed E-state index contributed by atoms with van der Waals surface area (Å²) < 4.78 is 0. The van der Waals surface area contributed by atoms with Gasteiger partial charge in [-0.2, -0.15) is 0 Å². The van der Waals surface area contributed by atoms with Crippen LogP contribution in [0.5, 0.6) is 0 Å². The first kappa shape index (κ1) is 14.5. The molecule has 2 heterocycles. The van der Waals surface area contributed by atoms with E-state index in [-0.39, 0.29) is 11.9 Å². The van der Waals surface area contributed by atoms with Gasteiger partial charge in [0.05, 0.1) is 0 Å². The van der Waals surface area contributed by atoms with E-state index >= 15 is 0 Å². The predicted octanol–water partition coefficient (Wildman–Crippen LogP) is 1.59. The zero-order chi connectivity index (χ0) is 15.4. The number of nitrogens with zero attached hydrogens (tertiary/aromatic N) is 2. The van der Waals surface area contributed by atoms with E-state index in [0.29, 0.717) is 5.56 Å². The minimum atomic E-state index is -0.0848. The smallest absolute Gasteiger partial charge is 0.251 e. The molecule has 1 amide bonds. The number of nitrogens with one attached hydrogen (secondary N) is 2. The van der Waals surface area contributed by atoms with E-state index in [1.165, 1.54) is 5.56 Å². The van der Waals surface area contributed by atoms with Crippen molar-refractivity contribution >= 4 is 11.7 Å². The van der Waals surface area contributed by atoms with Gasteiger partial charge in [-0.15, -0.1) is 0 Å². The molecule has 0 bridgehead atoms. The fourth-order valence-corrected chi connectivity index (χ4v) is 2.74. The van der Waals surface area contributed by atoms with E-state index < -0.39 is 0 Å². The maximum absolute atomic E-state index is 11.8. The third-order valence-corrected chi connectivity index (χ3v) is 3.94. The molecule has 0 unspecified atom stereocenters. The predicted molar refractivity (Wildman–Crippen MR) is 87.0 cm³/mol. The summed E-state index contributed by atoms with van der Waals surface area (Å²) in [6.07, 6.45) is 1.69. The van der Waals surface area contributed by atoms with E-state index in [0.717, 1.165) is 25.5 Å². The van der Waals surface area contributed by atoms with Crippen molar-refractivity contribution in [1.29, 1.82) is 0 Å². The Morgan fingerprint density at radius 3 is 2.91 bits per heavy atom. The zero-order valence-corrected chi connectivity index (χ0v) is 12.6. The highest BCUT2D eigenvalue weighted by Gasteiger charge is 2.22. The average Bonchev–Trinajstić information content (AvgIpc) is 2.62. The van der Waals surface area contributed by atoms with E-state index in [1.807, 2.05) is 12.1 Å². The van der Waals surface area contributed by atoms with Gasteiger partial charge in [0.1, 0.15) is 5.82 Å². The number of rotatable bonds is 3. The molecule has 1 fully saturated rings. The summed E-state index contributed by atoms with van der Waals surface area (Å²) in [6, 6.07) is 14.3. The van der Waals surface area contributed by atoms with Crippen LogP contribution in [-0.2, 0) is 0 Å². The molecule has 1 aromatic carbocycles. The standard InChI is InChI=1S/C17H20N4O/c1-18-17(22)14-7-8-20-16(11-14)21-10-9-19-15(12-21)13-5-3-2-4-6-13/h2-8,11,15,19H,9-10,12H2,1H3,(H,18,22)/t15-/m1/s1. The summed E-state index contributed by atoms with van der Waals surface area (Å²) in [5, 5.41) is 6.18. The summed E-state index contributed by atoms with van der Waals surface area (Å²) >= 11 is 0. The van der Waals surface area contributed by atoms with Gasteiger partial charge in [-0.05, 0) is 17.7 Å². The van der Waals surface area contributed by atoms with Crippen molar-refractivity contribution in [3.8, 4) is 0 Å². The fourth-order valence-electron chi connectivity index (χ4n) is 2.74. The van der Waals surface area contributed by atoms with Gasteiger partial charge in [-0.3, -0.25) is 4.79 Å². The number of hydrogen-bond donors (Lipinski definition) is 2. The van der Waals surface area contributed by atoms with Gasteiger partial charge in [0.2, 0.25) is 0 Å². The Kier molecular flexibility index (Phi) is 4.34. The van der Waals surface area contributed by atoms with Crippen LogP contribution in [0.1, 0.15) is 22.0 Å². The lowest BCUT2D eigenvalue weighted by molar-refractivity contribution is 0.0963. The Balaban J connectivity index is 1.79. The molecule has 22 heavy (non-hydrogen) atoms. The van der Waals surface area contributed by atoms with Crippen molar-refractivity contribution in [2.24, 2.45) is 0 Å². The molecule has 5 heteroatoms. The van der Waals surface area contributed by atoms with Gasteiger partial charge < -0.3 is 15.5 Å². The molecule has 0 spiro atoms. The van der Waals surface area contributed by atoms with Crippen LogP contribution >= 0.6 is 0 Å². The number of pyridine rings is 1. The average molecular weight is 296 g/mol. The molecule has 1 saturated heterocycles. The third-order valence-electron chi connectivity index (χ3n) is 3.94. The SMILES string of the molecule is CNC(=O)c1ccnc(N2CCN[C@@H](c3ccccc3)C2)c1. The summed E-state index contributed by atoms with van der Waals surface area (Å²) in [6.45, 7) is 2.62. The number of carbonyl (C=O) groups excluding carboxylic acids is 1. The second kappa shape index (κ2) is 6.58. The van der Waals surface area contributed by atoms with Crippen molar-refractivity contribution in [1.82, 2.24) is 15.6 Å². The molecular weight excluding hydrogens is 276 g/mol. The molecule has 0 aliphatic carbocycles. The maximum Gasteiger partial charge on any atom is 0.251 e. The minimum absolute atomic E-state index is 0.0848. The molecule has 2 aromatic rings. The Bertz CT molecular complexity index is 644. The fraction of sp³-hybridized carbons (Fsp3) is 0.294. The van der Waals surface area contributed by atoms with Crippen LogP contribution in [0.3, 0.4) is 0 Å². The normalized spacial score (nSPS) is 18.0. The van der Waals surface area contributed by atoms with Crippen LogP contribution in [-0.4, -0.2) is 37.6 Å². The largest absolute Gasteiger partial charge is 0.355 e. The van der Waals surface area contributed by atoms with E-state index in [4.69, 9.17) is 0 Å². The second-order valence-corrected chi connectivity index (χ2v) is 5.35. The van der Waals surface area contributed by atoms with Crippen LogP contribution < -0.4 is 15.5 Å². The first-order valence-corrected chi connectivity index (χ1v) is 7.49. The van der Waals surface area contributed by atoms with E-state index in [2.05, 4.69) is 44.8 Å². The number of carbonyl (C=O) groups is 1. The van der Waals surface area contributed by atoms with Crippen LogP contribution in [0.4, 0.5) is 5.82 Å². The lowest BCUT2D eigenvalue weighted by Crippen LogP contribution is -2.46. The molecule has 0 radical (unpaired) electrons. The third kappa shape index (κ3) is 3.09. The molecule has 2 N–H and O–H groups in total. The summed E-state index contributed by atoms with van der Waals surface area (Å²) in [7, 11) is 1.64. The number of hydrogen-bond acceptors (Lipinski definition) is 4. The molecule has 1 aliphatic heterocycles. The second-order valence-electron chi connectivity index (χ2n) is 5.35. The minimum Gasteiger partial charge on any atom is -0.355 e. The summed E-state index contributed by atoms with van der Waals surface area (Å²) in [4.78, 5) is 18.4. The quantitative estimate of drug-likeness (QED) is 0.903. The van der Waals surface area contributed by atoms with Crippen LogP contribution in [0.25, 0.3) is 0 Å². The summed E-state index contributed by atoms with van der Waals surface area (Å²) in [5.74, 6) is 0.766. The van der Waals surface area contributed by atoms with Gasteiger partial charge in [-0.1, -0.05) is 30.3 Å². The molecule has 1 atom stereocenters. The first-order chi connectivity index (χ1) is 10.8. The van der Waals surface area contributed by atoms with E-state index in [1.54, 1.807) is 19.3 Å². The molecular formula is C17H20N4O. The topological polar surface area (TPSA) is 57.3 Å². The molecule has 114 valence electrons. The van der Waals surface area contributed by atoms with Gasteiger partial charge in [-0.25, -0.2) is 4.98 Å².